The molecule has 1 aliphatic carbocycles. The third-order valence-corrected chi connectivity index (χ3v) is 4.39. The number of hydrogen-bond acceptors (Lipinski definition) is 5. The van der Waals surface area contributed by atoms with E-state index in [0.717, 1.165) is 12.8 Å². The molecule has 1 saturated carbocycles. The van der Waals surface area contributed by atoms with Gasteiger partial charge in [-0.15, -0.1) is 0 Å². The van der Waals surface area contributed by atoms with Crippen molar-refractivity contribution in [2.45, 2.75) is 31.8 Å². The number of benzene rings is 1. The van der Waals surface area contributed by atoms with E-state index in [4.69, 9.17) is 14.6 Å². The Bertz CT molecular complexity index is 587. The molecule has 1 aromatic carbocycles. The summed E-state index contributed by atoms with van der Waals surface area (Å²) in [6.45, 7) is 3.51. The lowest BCUT2D eigenvalue weighted by Gasteiger charge is -2.42. The van der Waals surface area contributed by atoms with Gasteiger partial charge in [-0.3, -0.25) is 14.5 Å². The first-order chi connectivity index (χ1) is 12.0. The van der Waals surface area contributed by atoms with Crippen LogP contribution < -0.4 is 10.1 Å². The fourth-order valence-electron chi connectivity index (χ4n) is 2.95. The summed E-state index contributed by atoms with van der Waals surface area (Å²) < 4.78 is 10.5. The van der Waals surface area contributed by atoms with Crippen molar-refractivity contribution in [3.8, 4) is 5.75 Å². The number of carbonyl (C=O) groups excluding carboxylic acids is 1. The van der Waals surface area contributed by atoms with Crippen LogP contribution in [0.2, 0.25) is 0 Å². The predicted octanol–water partition coefficient (Wildman–Crippen LogP) is 1.38. The summed E-state index contributed by atoms with van der Waals surface area (Å²) in [4.78, 5) is 25.3. The third kappa shape index (κ3) is 5.44. The molecule has 1 amide bonds. The number of carbonyl (C=O) groups is 2. The van der Waals surface area contributed by atoms with Crippen molar-refractivity contribution in [1.82, 2.24) is 10.2 Å². The van der Waals surface area contributed by atoms with E-state index < -0.39 is 5.97 Å². The van der Waals surface area contributed by atoms with Crippen molar-refractivity contribution in [3.05, 3.63) is 29.8 Å². The first kappa shape index (κ1) is 19.2. The smallest absolute Gasteiger partial charge is 0.317 e. The third-order valence-electron chi connectivity index (χ3n) is 4.39. The van der Waals surface area contributed by atoms with Crippen molar-refractivity contribution in [2.75, 3.05) is 33.4 Å². The van der Waals surface area contributed by atoms with Gasteiger partial charge in [0, 0.05) is 19.2 Å². The van der Waals surface area contributed by atoms with E-state index in [1.54, 1.807) is 25.3 Å². The molecule has 1 aliphatic rings. The number of carboxylic acid groups (broad SMARTS) is 1. The Kier molecular flexibility index (Phi) is 7.21. The highest BCUT2D eigenvalue weighted by Gasteiger charge is 2.35. The fourth-order valence-corrected chi connectivity index (χ4v) is 2.95. The molecule has 25 heavy (non-hydrogen) atoms. The molecule has 0 spiro atoms. The van der Waals surface area contributed by atoms with E-state index in [-0.39, 0.29) is 24.5 Å². The topological polar surface area (TPSA) is 88.1 Å². The van der Waals surface area contributed by atoms with Crippen LogP contribution in [0, 0.1) is 0 Å². The molecule has 1 aromatic rings. The minimum atomic E-state index is -0.823. The van der Waals surface area contributed by atoms with Gasteiger partial charge in [0.05, 0.1) is 18.7 Å². The summed E-state index contributed by atoms with van der Waals surface area (Å²) in [5, 5.41) is 11.9. The van der Waals surface area contributed by atoms with E-state index in [1.165, 1.54) is 0 Å². The number of amides is 1. The van der Waals surface area contributed by atoms with Gasteiger partial charge in [-0.05, 0) is 31.5 Å². The van der Waals surface area contributed by atoms with Crippen LogP contribution in [0.1, 0.15) is 30.1 Å². The summed E-state index contributed by atoms with van der Waals surface area (Å²) in [6, 6.07) is 7.39. The van der Waals surface area contributed by atoms with Gasteiger partial charge in [-0.25, -0.2) is 0 Å². The largest absolute Gasteiger partial charge is 0.490 e. The standard InChI is InChI=1S/C18H26N2O5/c1-3-20(12-17(21)22)14-10-13(11-14)19-18(23)15-6-4-5-7-16(15)25-9-8-24-2/h4-7,13-14H,3,8-12H2,1-2H3,(H,19,23)(H,21,22). The van der Waals surface area contributed by atoms with Gasteiger partial charge in [0.15, 0.2) is 0 Å². The monoisotopic (exact) mass is 350 g/mol. The maximum Gasteiger partial charge on any atom is 0.317 e. The molecule has 7 heteroatoms. The van der Waals surface area contributed by atoms with Crippen molar-refractivity contribution in [3.63, 3.8) is 0 Å². The number of aliphatic carboxylic acids is 1. The lowest BCUT2D eigenvalue weighted by Crippen LogP contribution is -2.54. The lowest BCUT2D eigenvalue weighted by atomic mass is 9.85. The molecular formula is C18H26N2O5. The molecule has 0 atom stereocenters. The van der Waals surface area contributed by atoms with Crippen LogP contribution in [0.15, 0.2) is 24.3 Å². The predicted molar refractivity (Wildman–Crippen MR) is 93.0 cm³/mol. The van der Waals surface area contributed by atoms with Gasteiger partial charge in [0.1, 0.15) is 12.4 Å². The Morgan fingerprint density at radius 1 is 1.28 bits per heavy atom. The maximum absolute atomic E-state index is 12.5. The van der Waals surface area contributed by atoms with Gasteiger partial charge < -0.3 is 19.9 Å². The van der Waals surface area contributed by atoms with Crippen LogP contribution in [0.25, 0.3) is 0 Å². The zero-order chi connectivity index (χ0) is 18.2. The second-order valence-corrected chi connectivity index (χ2v) is 6.09. The van der Waals surface area contributed by atoms with Crippen LogP contribution in [-0.2, 0) is 9.53 Å². The summed E-state index contributed by atoms with van der Waals surface area (Å²) in [6.07, 6.45) is 1.53. The number of nitrogens with one attached hydrogen (secondary N) is 1. The summed E-state index contributed by atoms with van der Waals surface area (Å²) in [5.41, 5.74) is 0.500. The molecular weight excluding hydrogens is 324 g/mol. The van der Waals surface area contributed by atoms with Gasteiger partial charge in [-0.2, -0.15) is 0 Å². The van der Waals surface area contributed by atoms with Crippen LogP contribution >= 0.6 is 0 Å². The van der Waals surface area contributed by atoms with E-state index in [0.29, 0.717) is 31.1 Å². The quantitative estimate of drug-likeness (QED) is 0.620. The highest BCUT2D eigenvalue weighted by Crippen LogP contribution is 2.26. The van der Waals surface area contributed by atoms with Crippen LogP contribution in [0.3, 0.4) is 0 Å². The SMILES string of the molecule is CCN(CC(=O)O)C1CC(NC(=O)c2ccccc2OCCOC)C1. The average molecular weight is 350 g/mol. The molecule has 2 rings (SSSR count). The zero-order valence-electron chi connectivity index (χ0n) is 14.7. The van der Waals surface area contributed by atoms with Crippen molar-refractivity contribution in [2.24, 2.45) is 0 Å². The Morgan fingerprint density at radius 3 is 2.64 bits per heavy atom. The number of nitrogens with zero attached hydrogens (tertiary/aromatic N) is 1. The number of methoxy groups -OCH3 is 1. The molecule has 0 radical (unpaired) electrons. The van der Waals surface area contributed by atoms with Crippen LogP contribution in [0.5, 0.6) is 5.75 Å². The molecule has 1 fully saturated rings. The number of likely N-dealkylation sites (N-methyl/N-ethyl adjacent to an activating group) is 1. The molecule has 0 aromatic heterocycles. The van der Waals surface area contributed by atoms with Gasteiger partial charge >= 0.3 is 5.97 Å². The second-order valence-electron chi connectivity index (χ2n) is 6.09. The van der Waals surface area contributed by atoms with Gasteiger partial charge in [-0.1, -0.05) is 19.1 Å². The normalized spacial score (nSPS) is 19.3. The minimum absolute atomic E-state index is 0.0397. The van der Waals surface area contributed by atoms with E-state index in [9.17, 15) is 9.59 Å². The lowest BCUT2D eigenvalue weighted by molar-refractivity contribution is -0.139. The fraction of sp³-hybridized carbons (Fsp3) is 0.556. The molecule has 7 nitrogen and oxygen atoms in total. The maximum atomic E-state index is 12.5. The Morgan fingerprint density at radius 2 is 2.00 bits per heavy atom. The number of ether oxygens (including phenoxy) is 2. The number of rotatable bonds is 10. The van der Waals surface area contributed by atoms with Crippen LogP contribution in [-0.4, -0.2) is 67.4 Å². The zero-order valence-corrected chi connectivity index (χ0v) is 14.7. The highest BCUT2D eigenvalue weighted by atomic mass is 16.5. The van der Waals surface area contributed by atoms with Crippen LogP contribution in [0.4, 0.5) is 0 Å². The molecule has 0 unspecified atom stereocenters. The molecule has 0 bridgehead atoms. The summed E-state index contributed by atoms with van der Waals surface area (Å²) in [7, 11) is 1.60. The Balaban J connectivity index is 1.86. The molecule has 0 heterocycles. The van der Waals surface area contributed by atoms with Gasteiger partial charge in [0.2, 0.25) is 0 Å². The summed E-state index contributed by atoms with van der Waals surface area (Å²) >= 11 is 0. The Hall–Kier alpha value is -2.12. The highest BCUT2D eigenvalue weighted by molar-refractivity contribution is 5.97. The molecule has 138 valence electrons. The van der Waals surface area contributed by atoms with E-state index in [2.05, 4.69) is 5.32 Å². The molecule has 0 saturated heterocycles. The Labute approximate surface area is 147 Å². The number of hydrogen-bond donors (Lipinski definition) is 2. The molecule has 2 N–H and O–H groups in total. The van der Waals surface area contributed by atoms with Crippen molar-refractivity contribution >= 4 is 11.9 Å². The van der Waals surface area contributed by atoms with Crippen molar-refractivity contribution < 1.29 is 24.2 Å². The number of para-hydroxylation sites is 1. The van der Waals surface area contributed by atoms with Crippen molar-refractivity contribution in [1.29, 1.82) is 0 Å². The second kappa shape index (κ2) is 9.39. The first-order valence-electron chi connectivity index (χ1n) is 8.52. The minimum Gasteiger partial charge on any atom is -0.490 e. The average Bonchev–Trinajstić information content (AvgIpc) is 2.56. The van der Waals surface area contributed by atoms with E-state index in [1.807, 2.05) is 17.9 Å². The first-order valence-corrected chi connectivity index (χ1v) is 8.52. The molecule has 0 aliphatic heterocycles. The summed E-state index contributed by atoms with van der Waals surface area (Å²) in [5.74, 6) is -0.455. The van der Waals surface area contributed by atoms with Gasteiger partial charge in [0.25, 0.3) is 5.91 Å². The number of carboxylic acids is 1. The van der Waals surface area contributed by atoms with E-state index >= 15 is 0 Å².